The third-order valence-corrected chi connectivity index (χ3v) is 4.75. The maximum atomic E-state index is 4.35. The second kappa shape index (κ2) is 6.36. The number of rotatable bonds is 4. The number of benzene rings is 2. The molecule has 0 saturated carbocycles. The van der Waals surface area contributed by atoms with Crippen LogP contribution in [0.4, 0.5) is 0 Å². The van der Waals surface area contributed by atoms with Crippen molar-refractivity contribution >= 4 is 11.8 Å². The van der Waals surface area contributed by atoms with Gasteiger partial charge in [0, 0.05) is 5.75 Å². The van der Waals surface area contributed by atoms with E-state index in [9.17, 15) is 0 Å². The zero-order chi connectivity index (χ0) is 15.5. The maximum absolute atomic E-state index is 4.35. The van der Waals surface area contributed by atoms with Gasteiger partial charge in [-0.1, -0.05) is 54.2 Å². The molecular formula is C18H19N3S. The van der Waals surface area contributed by atoms with Crippen LogP contribution in [-0.4, -0.2) is 14.8 Å². The van der Waals surface area contributed by atoms with Gasteiger partial charge in [0.05, 0.1) is 5.69 Å². The molecule has 3 nitrogen and oxygen atoms in total. The molecule has 112 valence electrons. The average molecular weight is 309 g/mol. The van der Waals surface area contributed by atoms with E-state index < -0.39 is 0 Å². The number of para-hydroxylation sites is 1. The fourth-order valence-electron chi connectivity index (χ4n) is 2.44. The molecule has 0 saturated heterocycles. The van der Waals surface area contributed by atoms with E-state index in [0.29, 0.717) is 0 Å². The topological polar surface area (TPSA) is 30.7 Å². The molecular weight excluding hydrogens is 290 g/mol. The van der Waals surface area contributed by atoms with Crippen molar-refractivity contribution in [1.82, 2.24) is 14.8 Å². The van der Waals surface area contributed by atoms with Crippen molar-refractivity contribution in [2.75, 3.05) is 0 Å². The smallest absolute Gasteiger partial charge is 0.196 e. The average Bonchev–Trinajstić information content (AvgIpc) is 2.88. The van der Waals surface area contributed by atoms with Gasteiger partial charge in [-0.25, -0.2) is 0 Å². The number of aromatic nitrogens is 3. The Balaban J connectivity index is 1.90. The predicted octanol–water partition coefficient (Wildman–Crippen LogP) is 4.48. The first-order chi connectivity index (χ1) is 10.7. The van der Waals surface area contributed by atoms with Crippen LogP contribution in [0.5, 0.6) is 0 Å². The normalized spacial score (nSPS) is 10.9. The summed E-state index contributed by atoms with van der Waals surface area (Å²) in [6, 6.07) is 16.8. The first kappa shape index (κ1) is 14.9. The minimum Gasteiger partial charge on any atom is -0.274 e. The van der Waals surface area contributed by atoms with Crippen molar-refractivity contribution < 1.29 is 0 Å². The number of aryl methyl sites for hydroxylation is 3. The fourth-order valence-corrected chi connectivity index (χ4v) is 3.51. The van der Waals surface area contributed by atoms with E-state index in [2.05, 4.69) is 77.1 Å². The summed E-state index contributed by atoms with van der Waals surface area (Å²) in [5, 5.41) is 9.55. The predicted molar refractivity (Wildman–Crippen MR) is 91.6 cm³/mol. The quantitative estimate of drug-likeness (QED) is 0.666. The summed E-state index contributed by atoms with van der Waals surface area (Å²) in [7, 11) is 0. The summed E-state index contributed by atoms with van der Waals surface area (Å²) >= 11 is 1.73. The van der Waals surface area contributed by atoms with Gasteiger partial charge in [0.25, 0.3) is 0 Å². The van der Waals surface area contributed by atoms with Crippen molar-refractivity contribution in [2.45, 2.75) is 31.7 Å². The van der Waals surface area contributed by atoms with E-state index in [0.717, 1.165) is 22.4 Å². The molecule has 0 aliphatic heterocycles. The monoisotopic (exact) mass is 309 g/mol. The summed E-state index contributed by atoms with van der Waals surface area (Å²) in [5.74, 6) is 1.82. The summed E-state index contributed by atoms with van der Waals surface area (Å²) in [6.45, 7) is 6.26. The molecule has 0 spiro atoms. The molecule has 0 amide bonds. The highest BCUT2D eigenvalue weighted by Crippen LogP contribution is 2.27. The van der Waals surface area contributed by atoms with Gasteiger partial charge in [-0.2, -0.15) is 0 Å². The van der Waals surface area contributed by atoms with Crippen LogP contribution in [0, 0.1) is 20.8 Å². The molecule has 1 aromatic heterocycles. The summed E-state index contributed by atoms with van der Waals surface area (Å²) in [6.07, 6.45) is 0. The maximum Gasteiger partial charge on any atom is 0.196 e. The molecule has 0 bridgehead atoms. The SMILES string of the molecule is Cc1ccccc1CSc1nnc(C)n1-c1ccccc1C. The lowest BCUT2D eigenvalue weighted by Crippen LogP contribution is -2.01. The Hall–Kier alpha value is -2.07. The van der Waals surface area contributed by atoms with Crippen molar-refractivity contribution in [1.29, 1.82) is 0 Å². The lowest BCUT2D eigenvalue weighted by Gasteiger charge is -2.11. The largest absolute Gasteiger partial charge is 0.274 e. The second-order valence-electron chi connectivity index (χ2n) is 5.37. The van der Waals surface area contributed by atoms with E-state index in [1.165, 1.54) is 16.7 Å². The molecule has 3 aromatic rings. The van der Waals surface area contributed by atoms with E-state index >= 15 is 0 Å². The van der Waals surface area contributed by atoms with Crippen LogP contribution in [0.15, 0.2) is 53.7 Å². The van der Waals surface area contributed by atoms with E-state index in [1.807, 2.05) is 6.92 Å². The Labute approximate surface area is 135 Å². The molecule has 0 N–H and O–H groups in total. The van der Waals surface area contributed by atoms with Gasteiger partial charge in [0.1, 0.15) is 5.82 Å². The van der Waals surface area contributed by atoms with Crippen LogP contribution in [-0.2, 0) is 5.75 Å². The van der Waals surface area contributed by atoms with Gasteiger partial charge >= 0.3 is 0 Å². The van der Waals surface area contributed by atoms with Crippen LogP contribution in [0.1, 0.15) is 22.5 Å². The molecule has 0 atom stereocenters. The minimum absolute atomic E-state index is 0.899. The van der Waals surface area contributed by atoms with Gasteiger partial charge in [0.15, 0.2) is 5.16 Å². The Morgan fingerprint density at radius 3 is 2.27 bits per heavy atom. The summed E-state index contributed by atoms with van der Waals surface area (Å²) in [4.78, 5) is 0. The van der Waals surface area contributed by atoms with Crippen LogP contribution in [0.2, 0.25) is 0 Å². The molecule has 2 aromatic carbocycles. The van der Waals surface area contributed by atoms with E-state index in [1.54, 1.807) is 11.8 Å². The minimum atomic E-state index is 0.899. The zero-order valence-electron chi connectivity index (χ0n) is 13.1. The van der Waals surface area contributed by atoms with E-state index in [4.69, 9.17) is 0 Å². The van der Waals surface area contributed by atoms with Gasteiger partial charge in [0.2, 0.25) is 0 Å². The lowest BCUT2D eigenvalue weighted by atomic mass is 10.1. The molecule has 1 heterocycles. The van der Waals surface area contributed by atoms with Crippen LogP contribution in [0.25, 0.3) is 5.69 Å². The van der Waals surface area contributed by atoms with Crippen molar-refractivity contribution in [2.24, 2.45) is 0 Å². The van der Waals surface area contributed by atoms with Crippen molar-refractivity contribution in [3.05, 3.63) is 71.0 Å². The number of hydrogen-bond acceptors (Lipinski definition) is 3. The molecule has 0 aliphatic rings. The first-order valence-electron chi connectivity index (χ1n) is 7.32. The van der Waals surface area contributed by atoms with E-state index in [-0.39, 0.29) is 0 Å². The fraction of sp³-hybridized carbons (Fsp3) is 0.222. The molecule has 0 unspecified atom stereocenters. The summed E-state index contributed by atoms with van der Waals surface area (Å²) < 4.78 is 2.14. The molecule has 0 radical (unpaired) electrons. The lowest BCUT2D eigenvalue weighted by molar-refractivity contribution is 0.861. The molecule has 3 rings (SSSR count). The highest BCUT2D eigenvalue weighted by molar-refractivity contribution is 7.98. The molecule has 4 heteroatoms. The van der Waals surface area contributed by atoms with Gasteiger partial charge in [-0.05, 0) is 43.5 Å². The van der Waals surface area contributed by atoms with Crippen molar-refractivity contribution in [3.63, 3.8) is 0 Å². The van der Waals surface area contributed by atoms with Gasteiger partial charge in [-0.3, -0.25) is 4.57 Å². The second-order valence-corrected chi connectivity index (χ2v) is 6.31. The third kappa shape index (κ3) is 2.92. The number of thioether (sulfide) groups is 1. The van der Waals surface area contributed by atoms with Crippen molar-refractivity contribution in [3.8, 4) is 5.69 Å². The summed E-state index contributed by atoms with van der Waals surface area (Å²) in [5.41, 5.74) is 5.03. The highest BCUT2D eigenvalue weighted by Gasteiger charge is 2.13. The molecule has 0 aliphatic carbocycles. The standard InChI is InChI=1S/C18H19N3S/c1-13-8-4-6-10-16(13)12-22-18-20-19-15(3)21(18)17-11-7-5-9-14(17)2/h4-11H,12H2,1-3H3. The van der Waals surface area contributed by atoms with Gasteiger partial charge in [-0.15, -0.1) is 10.2 Å². The zero-order valence-corrected chi connectivity index (χ0v) is 13.9. The Bertz CT molecular complexity index is 793. The number of hydrogen-bond donors (Lipinski definition) is 0. The Morgan fingerprint density at radius 1 is 0.864 bits per heavy atom. The Morgan fingerprint density at radius 2 is 1.55 bits per heavy atom. The van der Waals surface area contributed by atoms with Crippen LogP contribution in [0.3, 0.4) is 0 Å². The number of nitrogens with zero attached hydrogens (tertiary/aromatic N) is 3. The molecule has 0 fully saturated rings. The van der Waals surface area contributed by atoms with Gasteiger partial charge < -0.3 is 0 Å². The highest BCUT2D eigenvalue weighted by atomic mass is 32.2. The third-order valence-electron chi connectivity index (χ3n) is 3.77. The van der Waals surface area contributed by atoms with Crippen LogP contribution < -0.4 is 0 Å². The Kier molecular flexibility index (Phi) is 4.29. The molecule has 22 heavy (non-hydrogen) atoms. The van der Waals surface area contributed by atoms with Crippen LogP contribution >= 0.6 is 11.8 Å². The first-order valence-corrected chi connectivity index (χ1v) is 8.30.